The number of rotatable bonds is 3. The molecule has 6 nitrogen and oxygen atoms in total. The van der Waals surface area contributed by atoms with E-state index in [1.807, 2.05) is 24.0 Å². The summed E-state index contributed by atoms with van der Waals surface area (Å²) >= 11 is 6.60. The van der Waals surface area contributed by atoms with Gasteiger partial charge >= 0.3 is 0 Å². The van der Waals surface area contributed by atoms with Crippen molar-refractivity contribution in [1.29, 1.82) is 0 Å². The summed E-state index contributed by atoms with van der Waals surface area (Å²) in [6.45, 7) is 3.18. The highest BCUT2D eigenvalue weighted by Gasteiger charge is 2.35. The van der Waals surface area contributed by atoms with Gasteiger partial charge in [0.05, 0.1) is 16.6 Å². The van der Waals surface area contributed by atoms with Crippen LogP contribution in [0.15, 0.2) is 24.4 Å². The number of nitrogens with zero attached hydrogens (tertiary/aromatic N) is 2. The summed E-state index contributed by atoms with van der Waals surface area (Å²) in [5.41, 5.74) is 3.68. The van der Waals surface area contributed by atoms with E-state index in [-0.39, 0.29) is 17.9 Å². The molecule has 3 heterocycles. The van der Waals surface area contributed by atoms with Crippen molar-refractivity contribution in [3.63, 3.8) is 0 Å². The van der Waals surface area contributed by atoms with E-state index in [9.17, 15) is 9.59 Å². The molecule has 2 amide bonds. The Morgan fingerprint density at radius 1 is 1.43 bits per heavy atom. The Morgan fingerprint density at radius 2 is 2.25 bits per heavy atom. The minimum absolute atomic E-state index is 0.00811. The first-order valence-corrected chi connectivity index (χ1v) is 9.80. The average molecular weight is 400 g/mol. The van der Waals surface area contributed by atoms with Gasteiger partial charge in [-0.2, -0.15) is 0 Å². The third kappa shape index (κ3) is 3.22. The molecule has 0 aliphatic carbocycles. The normalized spacial score (nSPS) is 18.2. The second-order valence-corrected chi connectivity index (χ2v) is 7.64. The van der Waals surface area contributed by atoms with Gasteiger partial charge in [-0.1, -0.05) is 17.7 Å². The highest BCUT2D eigenvalue weighted by molar-refractivity contribution is 6.33. The van der Waals surface area contributed by atoms with Gasteiger partial charge in [0, 0.05) is 19.8 Å². The molecule has 7 heteroatoms. The van der Waals surface area contributed by atoms with E-state index in [4.69, 9.17) is 16.3 Å². The van der Waals surface area contributed by atoms with Crippen LogP contribution in [0.5, 0.6) is 5.75 Å². The van der Waals surface area contributed by atoms with Crippen LogP contribution in [0.3, 0.4) is 0 Å². The van der Waals surface area contributed by atoms with Crippen molar-refractivity contribution in [1.82, 2.24) is 15.2 Å². The van der Waals surface area contributed by atoms with E-state index in [1.165, 1.54) is 0 Å². The highest BCUT2D eigenvalue weighted by atomic mass is 35.5. The van der Waals surface area contributed by atoms with Gasteiger partial charge < -0.3 is 15.0 Å². The van der Waals surface area contributed by atoms with Crippen LogP contribution in [0.1, 0.15) is 50.4 Å². The fourth-order valence-electron chi connectivity index (χ4n) is 3.88. The fraction of sp³-hybridized carbons (Fsp3) is 0.381. The Balaban J connectivity index is 1.67. The van der Waals surface area contributed by atoms with Crippen LogP contribution in [-0.2, 0) is 6.42 Å². The fourth-order valence-corrected chi connectivity index (χ4v) is 4.16. The van der Waals surface area contributed by atoms with Gasteiger partial charge in [-0.15, -0.1) is 0 Å². The zero-order chi connectivity index (χ0) is 19.8. The zero-order valence-corrected chi connectivity index (χ0v) is 16.7. The lowest BCUT2D eigenvalue weighted by Gasteiger charge is -2.20. The summed E-state index contributed by atoms with van der Waals surface area (Å²) in [6.07, 6.45) is 4.21. The Morgan fingerprint density at radius 3 is 2.96 bits per heavy atom. The summed E-state index contributed by atoms with van der Waals surface area (Å²) in [6, 6.07) is 5.58. The first-order chi connectivity index (χ1) is 13.5. The van der Waals surface area contributed by atoms with Crippen molar-refractivity contribution >= 4 is 23.4 Å². The molecule has 0 bridgehead atoms. The first kappa shape index (κ1) is 18.7. The molecule has 146 valence electrons. The number of fused-ring (bicyclic) bond motifs is 2. The summed E-state index contributed by atoms with van der Waals surface area (Å²) in [4.78, 5) is 30.8. The Labute approximate surface area is 168 Å². The number of nitrogens with one attached hydrogen (secondary N) is 1. The third-order valence-electron chi connectivity index (χ3n) is 5.54. The molecule has 0 saturated carbocycles. The molecule has 1 aromatic carbocycles. The summed E-state index contributed by atoms with van der Waals surface area (Å²) in [5, 5.41) is 3.05. The second kappa shape index (κ2) is 7.43. The number of aromatic nitrogens is 1. The van der Waals surface area contributed by atoms with Crippen molar-refractivity contribution < 1.29 is 14.3 Å². The van der Waals surface area contributed by atoms with Gasteiger partial charge in [0.1, 0.15) is 12.3 Å². The van der Waals surface area contributed by atoms with Crippen molar-refractivity contribution in [3.05, 3.63) is 57.4 Å². The average Bonchev–Trinajstić information content (AvgIpc) is 3.14. The van der Waals surface area contributed by atoms with E-state index in [2.05, 4.69) is 10.3 Å². The summed E-state index contributed by atoms with van der Waals surface area (Å²) < 4.78 is 5.95. The van der Waals surface area contributed by atoms with Gasteiger partial charge in [0.2, 0.25) is 0 Å². The lowest BCUT2D eigenvalue weighted by molar-refractivity contribution is 0.0726. The first-order valence-electron chi connectivity index (χ1n) is 9.42. The second-order valence-electron chi connectivity index (χ2n) is 7.26. The van der Waals surface area contributed by atoms with Crippen LogP contribution in [0.2, 0.25) is 5.02 Å². The van der Waals surface area contributed by atoms with Crippen LogP contribution in [0.25, 0.3) is 0 Å². The Bertz CT molecular complexity index is 943. The molecule has 0 radical (unpaired) electrons. The van der Waals surface area contributed by atoms with Gasteiger partial charge in [0.15, 0.2) is 5.75 Å². The largest absolute Gasteiger partial charge is 0.489 e. The van der Waals surface area contributed by atoms with Crippen LogP contribution in [0, 0.1) is 6.92 Å². The molecule has 1 atom stereocenters. The molecule has 28 heavy (non-hydrogen) atoms. The van der Waals surface area contributed by atoms with Crippen LogP contribution in [-0.4, -0.2) is 47.9 Å². The number of benzene rings is 1. The summed E-state index contributed by atoms with van der Waals surface area (Å²) in [5.74, 6) is 0.264. The van der Waals surface area contributed by atoms with Gasteiger partial charge in [-0.3, -0.25) is 14.6 Å². The van der Waals surface area contributed by atoms with E-state index in [0.717, 1.165) is 36.1 Å². The molecule has 1 fully saturated rings. The number of amides is 2. The van der Waals surface area contributed by atoms with E-state index in [0.29, 0.717) is 35.1 Å². The van der Waals surface area contributed by atoms with E-state index >= 15 is 0 Å². The maximum absolute atomic E-state index is 13.1. The maximum atomic E-state index is 13.1. The third-order valence-corrected chi connectivity index (χ3v) is 6.00. The quantitative estimate of drug-likeness (QED) is 0.861. The van der Waals surface area contributed by atoms with Crippen LogP contribution >= 0.6 is 11.6 Å². The molecule has 4 rings (SSSR count). The molecule has 1 aromatic heterocycles. The number of halogens is 1. The topological polar surface area (TPSA) is 71.5 Å². The molecule has 2 aromatic rings. The van der Waals surface area contributed by atoms with Crippen molar-refractivity contribution in [2.75, 3.05) is 20.2 Å². The number of carbonyl (C=O) groups excluding carboxylic acids is 2. The van der Waals surface area contributed by atoms with E-state index in [1.54, 1.807) is 19.3 Å². The zero-order valence-electron chi connectivity index (χ0n) is 15.9. The lowest BCUT2D eigenvalue weighted by Crippen LogP contribution is -2.36. The lowest BCUT2D eigenvalue weighted by atomic mass is 9.97. The molecular formula is C21H22ClN3O3. The number of ether oxygens (including phenoxy) is 1. The van der Waals surface area contributed by atoms with Crippen molar-refractivity contribution in [3.8, 4) is 5.75 Å². The number of hydrogen-bond donors (Lipinski definition) is 1. The predicted octanol–water partition coefficient (Wildman–Crippen LogP) is 2.99. The highest BCUT2D eigenvalue weighted by Crippen LogP contribution is 2.39. The predicted molar refractivity (Wildman–Crippen MR) is 106 cm³/mol. The van der Waals surface area contributed by atoms with Gasteiger partial charge in [-0.05, 0) is 55.0 Å². The van der Waals surface area contributed by atoms with Crippen LogP contribution in [0.4, 0.5) is 0 Å². The molecule has 2 aliphatic heterocycles. The molecule has 1 saturated heterocycles. The minimum atomic E-state index is -0.223. The van der Waals surface area contributed by atoms with E-state index < -0.39 is 0 Å². The molecule has 0 spiro atoms. The molecular weight excluding hydrogens is 378 g/mol. The number of carbonyl (C=O) groups is 2. The monoisotopic (exact) mass is 399 g/mol. The standard InChI is InChI=1S/C21H22ClN3O3/c1-12-14(8-13-5-6-17(24-10-13)20(26)23-2)9-16-19(18(12)22)28-11-15-4-3-7-25(15)21(16)27/h5-6,9-10,15H,3-4,7-8,11H2,1-2H3,(H,23,26)/t15-/m1/s1. The maximum Gasteiger partial charge on any atom is 0.269 e. The molecule has 2 aliphatic rings. The molecule has 0 unspecified atom stereocenters. The van der Waals surface area contributed by atoms with Crippen molar-refractivity contribution in [2.24, 2.45) is 0 Å². The number of hydrogen-bond acceptors (Lipinski definition) is 4. The smallest absolute Gasteiger partial charge is 0.269 e. The van der Waals surface area contributed by atoms with Crippen molar-refractivity contribution in [2.45, 2.75) is 32.2 Å². The number of pyridine rings is 1. The van der Waals surface area contributed by atoms with Gasteiger partial charge in [0.25, 0.3) is 11.8 Å². The molecule has 1 N–H and O–H groups in total. The van der Waals surface area contributed by atoms with Crippen LogP contribution < -0.4 is 10.1 Å². The Hall–Kier alpha value is -2.60. The Kier molecular flexibility index (Phi) is 4.98. The minimum Gasteiger partial charge on any atom is -0.489 e. The van der Waals surface area contributed by atoms with Gasteiger partial charge in [-0.25, -0.2) is 0 Å². The SMILES string of the molecule is CNC(=O)c1ccc(Cc2cc3c(c(Cl)c2C)OC[C@H]2CCCN2C3=O)cn1. The summed E-state index contributed by atoms with van der Waals surface area (Å²) in [7, 11) is 1.57.